The zero-order chi connectivity index (χ0) is 19.6. The van der Waals surface area contributed by atoms with Crippen LogP contribution >= 0.6 is 24.0 Å². The van der Waals surface area contributed by atoms with Crippen molar-refractivity contribution in [1.82, 2.24) is 15.5 Å². The standard InChI is InChI=1S/C21H34N4O2.HI/c1-5-22-21(23-13-12-19(26)25(3)4)24-15-18-7-6-14-27-20(18)17-10-8-16(2)9-11-17;/h8-11,18,20H,5-7,12-15H2,1-4H3,(H2,22,23,24);1H. The summed E-state index contributed by atoms with van der Waals surface area (Å²) in [5.41, 5.74) is 2.49. The second kappa shape index (κ2) is 13.0. The summed E-state index contributed by atoms with van der Waals surface area (Å²) in [5.74, 6) is 1.23. The Morgan fingerprint density at radius 2 is 1.96 bits per heavy atom. The monoisotopic (exact) mass is 502 g/mol. The van der Waals surface area contributed by atoms with Gasteiger partial charge in [0, 0.05) is 52.7 Å². The summed E-state index contributed by atoms with van der Waals surface area (Å²) in [6.45, 7) is 7.02. The first-order chi connectivity index (χ1) is 13.0. The normalized spacial score (nSPS) is 19.5. The minimum atomic E-state index is 0. The summed E-state index contributed by atoms with van der Waals surface area (Å²) < 4.78 is 6.09. The number of aliphatic imine (C=N–C) groups is 1. The van der Waals surface area contributed by atoms with Gasteiger partial charge in [0.05, 0.1) is 6.10 Å². The summed E-state index contributed by atoms with van der Waals surface area (Å²) in [4.78, 5) is 18.1. The molecule has 1 saturated heterocycles. The minimum absolute atomic E-state index is 0. The third-order valence-electron chi connectivity index (χ3n) is 4.81. The van der Waals surface area contributed by atoms with E-state index in [0.29, 0.717) is 25.4 Å². The molecule has 28 heavy (non-hydrogen) atoms. The molecule has 2 atom stereocenters. The summed E-state index contributed by atoms with van der Waals surface area (Å²) in [6, 6.07) is 8.61. The van der Waals surface area contributed by atoms with Gasteiger partial charge in [0.15, 0.2) is 5.96 Å². The molecule has 1 fully saturated rings. The van der Waals surface area contributed by atoms with E-state index in [1.165, 1.54) is 11.1 Å². The van der Waals surface area contributed by atoms with Crippen molar-refractivity contribution < 1.29 is 9.53 Å². The van der Waals surface area contributed by atoms with Crippen LogP contribution in [0.25, 0.3) is 0 Å². The Labute approximate surface area is 186 Å². The Morgan fingerprint density at radius 1 is 1.25 bits per heavy atom. The first-order valence-corrected chi connectivity index (χ1v) is 9.91. The van der Waals surface area contributed by atoms with E-state index in [0.717, 1.165) is 32.0 Å². The first kappa shape index (κ1) is 24.7. The Morgan fingerprint density at radius 3 is 2.61 bits per heavy atom. The molecule has 0 radical (unpaired) electrons. The van der Waals surface area contributed by atoms with Crippen LogP contribution in [-0.4, -0.2) is 57.1 Å². The lowest BCUT2D eigenvalue weighted by molar-refractivity contribution is -0.128. The Kier molecular flexibility index (Phi) is 11.4. The van der Waals surface area contributed by atoms with Gasteiger partial charge >= 0.3 is 0 Å². The van der Waals surface area contributed by atoms with Gasteiger partial charge in [-0.3, -0.25) is 9.79 Å². The molecule has 2 unspecified atom stereocenters. The van der Waals surface area contributed by atoms with E-state index in [9.17, 15) is 4.79 Å². The quantitative estimate of drug-likeness (QED) is 0.342. The number of carbonyl (C=O) groups is 1. The van der Waals surface area contributed by atoms with Crippen molar-refractivity contribution in [3.8, 4) is 0 Å². The molecule has 1 aromatic carbocycles. The van der Waals surface area contributed by atoms with Gasteiger partial charge in [-0.1, -0.05) is 29.8 Å². The van der Waals surface area contributed by atoms with Crippen LogP contribution in [0.15, 0.2) is 29.3 Å². The third-order valence-corrected chi connectivity index (χ3v) is 4.81. The molecule has 1 heterocycles. The molecule has 158 valence electrons. The van der Waals surface area contributed by atoms with Gasteiger partial charge in [-0.05, 0) is 32.3 Å². The van der Waals surface area contributed by atoms with Crippen LogP contribution in [0.4, 0.5) is 0 Å². The molecule has 0 aromatic heterocycles. The highest BCUT2D eigenvalue weighted by molar-refractivity contribution is 14.0. The maximum atomic E-state index is 11.7. The van der Waals surface area contributed by atoms with Gasteiger partial charge in [-0.25, -0.2) is 0 Å². The molecule has 1 amide bonds. The van der Waals surface area contributed by atoms with Crippen LogP contribution in [0.1, 0.15) is 43.4 Å². The summed E-state index contributed by atoms with van der Waals surface area (Å²) >= 11 is 0. The number of hydrogen-bond acceptors (Lipinski definition) is 3. The minimum Gasteiger partial charge on any atom is -0.373 e. The number of nitrogens with zero attached hydrogens (tertiary/aromatic N) is 2. The number of halogens is 1. The fourth-order valence-corrected chi connectivity index (χ4v) is 3.22. The van der Waals surface area contributed by atoms with E-state index in [1.54, 1.807) is 19.0 Å². The van der Waals surface area contributed by atoms with Gasteiger partial charge in [-0.15, -0.1) is 24.0 Å². The molecule has 7 heteroatoms. The lowest BCUT2D eigenvalue weighted by Gasteiger charge is -2.31. The number of nitrogens with one attached hydrogen (secondary N) is 2. The highest BCUT2D eigenvalue weighted by Gasteiger charge is 2.27. The van der Waals surface area contributed by atoms with Gasteiger partial charge in [0.1, 0.15) is 0 Å². The molecule has 6 nitrogen and oxygen atoms in total. The molecule has 0 saturated carbocycles. The van der Waals surface area contributed by atoms with Crippen molar-refractivity contribution >= 4 is 35.8 Å². The molecule has 0 bridgehead atoms. The average molecular weight is 502 g/mol. The average Bonchev–Trinajstić information content (AvgIpc) is 2.67. The molecule has 0 spiro atoms. The number of guanidine groups is 1. The predicted molar refractivity (Wildman–Crippen MR) is 125 cm³/mol. The zero-order valence-corrected chi connectivity index (χ0v) is 19.9. The predicted octanol–water partition coefficient (Wildman–Crippen LogP) is 3.11. The SMILES string of the molecule is CCNC(=NCC1CCCOC1c1ccc(C)cc1)NCCC(=O)N(C)C.I. The number of rotatable bonds is 7. The van der Waals surface area contributed by atoms with Gasteiger partial charge < -0.3 is 20.3 Å². The summed E-state index contributed by atoms with van der Waals surface area (Å²) in [5, 5.41) is 6.52. The summed E-state index contributed by atoms with van der Waals surface area (Å²) in [6.07, 6.45) is 2.74. The van der Waals surface area contributed by atoms with Gasteiger partial charge in [0.2, 0.25) is 5.91 Å². The summed E-state index contributed by atoms with van der Waals surface area (Å²) in [7, 11) is 3.55. The van der Waals surface area contributed by atoms with Crippen molar-refractivity contribution in [2.24, 2.45) is 10.9 Å². The van der Waals surface area contributed by atoms with Crippen LogP contribution in [-0.2, 0) is 9.53 Å². The Hall–Kier alpha value is -1.35. The molecule has 1 aliphatic rings. The molecule has 0 aliphatic carbocycles. The number of benzene rings is 1. The number of ether oxygens (including phenoxy) is 1. The topological polar surface area (TPSA) is 66.0 Å². The van der Waals surface area contributed by atoms with Gasteiger partial charge in [-0.2, -0.15) is 0 Å². The second-order valence-electron chi connectivity index (χ2n) is 7.29. The van der Waals surface area contributed by atoms with Crippen molar-refractivity contribution in [3.05, 3.63) is 35.4 Å². The van der Waals surface area contributed by atoms with Crippen LogP contribution < -0.4 is 10.6 Å². The molecular weight excluding hydrogens is 467 g/mol. The molecule has 1 aliphatic heterocycles. The Bertz CT molecular complexity index is 619. The van der Waals surface area contributed by atoms with Crippen molar-refractivity contribution in [3.63, 3.8) is 0 Å². The molecule has 1 aromatic rings. The van der Waals surface area contributed by atoms with E-state index < -0.39 is 0 Å². The molecular formula is C21H35IN4O2. The number of amides is 1. The van der Waals surface area contributed by atoms with Crippen molar-refractivity contribution in [2.45, 2.75) is 39.2 Å². The fourth-order valence-electron chi connectivity index (χ4n) is 3.22. The molecule has 2 N–H and O–H groups in total. The lowest BCUT2D eigenvalue weighted by atomic mass is 9.89. The number of carbonyl (C=O) groups excluding carboxylic acids is 1. The third kappa shape index (κ3) is 7.95. The van der Waals surface area contributed by atoms with E-state index in [-0.39, 0.29) is 36.0 Å². The van der Waals surface area contributed by atoms with E-state index in [2.05, 4.69) is 41.8 Å². The molecule has 2 rings (SSSR count). The van der Waals surface area contributed by atoms with Crippen LogP contribution in [0, 0.1) is 12.8 Å². The maximum absolute atomic E-state index is 11.7. The number of aryl methyl sites for hydroxylation is 1. The maximum Gasteiger partial charge on any atom is 0.223 e. The highest BCUT2D eigenvalue weighted by atomic mass is 127. The Balaban J connectivity index is 0.00000392. The lowest BCUT2D eigenvalue weighted by Crippen LogP contribution is -2.40. The van der Waals surface area contributed by atoms with Crippen LogP contribution in [0.3, 0.4) is 0 Å². The fraction of sp³-hybridized carbons (Fsp3) is 0.619. The second-order valence-corrected chi connectivity index (χ2v) is 7.29. The van der Waals surface area contributed by atoms with Crippen molar-refractivity contribution in [1.29, 1.82) is 0 Å². The van der Waals surface area contributed by atoms with E-state index in [4.69, 9.17) is 9.73 Å². The zero-order valence-electron chi connectivity index (χ0n) is 17.5. The van der Waals surface area contributed by atoms with E-state index >= 15 is 0 Å². The van der Waals surface area contributed by atoms with Crippen LogP contribution in [0.2, 0.25) is 0 Å². The number of hydrogen-bond donors (Lipinski definition) is 2. The van der Waals surface area contributed by atoms with Crippen molar-refractivity contribution in [2.75, 3.05) is 40.3 Å². The smallest absolute Gasteiger partial charge is 0.223 e. The van der Waals surface area contributed by atoms with Gasteiger partial charge in [0.25, 0.3) is 0 Å². The van der Waals surface area contributed by atoms with Crippen LogP contribution in [0.5, 0.6) is 0 Å². The van der Waals surface area contributed by atoms with E-state index in [1.807, 2.05) is 6.92 Å². The largest absolute Gasteiger partial charge is 0.373 e. The highest BCUT2D eigenvalue weighted by Crippen LogP contribution is 2.33. The first-order valence-electron chi connectivity index (χ1n) is 9.91.